The number of nitrogens with one attached hydrogen (secondary N) is 1. The van der Waals surface area contributed by atoms with Gasteiger partial charge in [0.25, 0.3) is 5.91 Å². The lowest BCUT2D eigenvalue weighted by atomic mass is 10.1. The molecule has 0 unspecified atom stereocenters. The van der Waals surface area contributed by atoms with Gasteiger partial charge < -0.3 is 29.9 Å². The molecule has 4 aromatic rings. The first-order chi connectivity index (χ1) is 20.8. The molecule has 226 valence electrons. The predicted octanol–water partition coefficient (Wildman–Crippen LogP) is 3.35. The molecule has 5 heterocycles. The van der Waals surface area contributed by atoms with Crippen LogP contribution in [0, 0.1) is 17.5 Å². The Kier molecular flexibility index (Phi) is 7.88. The normalized spacial score (nSPS) is 19.4. The first kappa shape index (κ1) is 28.8. The monoisotopic (exact) mass is 596 g/mol. The van der Waals surface area contributed by atoms with Gasteiger partial charge >= 0.3 is 0 Å². The number of nitrogens with zero attached hydrogens (tertiary/aromatic N) is 7. The number of aliphatic hydroxyl groups is 2. The summed E-state index contributed by atoms with van der Waals surface area (Å²) in [6.45, 7) is 2.86. The van der Waals surface area contributed by atoms with Crippen molar-refractivity contribution in [2.75, 3.05) is 36.5 Å². The number of aliphatic hydroxyl groups excluding tert-OH is 2. The van der Waals surface area contributed by atoms with Gasteiger partial charge in [-0.1, -0.05) is 6.92 Å². The molecule has 2 atom stereocenters. The van der Waals surface area contributed by atoms with E-state index in [0.29, 0.717) is 37.5 Å². The van der Waals surface area contributed by atoms with E-state index in [1.54, 1.807) is 4.57 Å². The van der Waals surface area contributed by atoms with Gasteiger partial charge in [-0.05, 0) is 37.3 Å². The number of anilines is 3. The highest BCUT2D eigenvalue weighted by Crippen LogP contribution is 2.34. The second kappa shape index (κ2) is 11.8. The zero-order valence-corrected chi connectivity index (χ0v) is 23.4. The maximum Gasteiger partial charge on any atom is 0.257 e. The molecule has 2 fully saturated rings. The summed E-state index contributed by atoms with van der Waals surface area (Å²) < 4.78 is 47.4. The van der Waals surface area contributed by atoms with Crippen molar-refractivity contribution in [1.29, 1.82) is 0 Å². The molecule has 14 heteroatoms. The van der Waals surface area contributed by atoms with Crippen molar-refractivity contribution >= 4 is 34.4 Å². The van der Waals surface area contributed by atoms with Crippen LogP contribution in [0.3, 0.4) is 0 Å². The summed E-state index contributed by atoms with van der Waals surface area (Å²) >= 11 is 0. The minimum Gasteiger partial charge on any atom is -0.394 e. The number of halogens is 3. The van der Waals surface area contributed by atoms with Crippen molar-refractivity contribution in [3.63, 3.8) is 0 Å². The van der Waals surface area contributed by atoms with Crippen molar-refractivity contribution < 1.29 is 28.2 Å². The zero-order chi connectivity index (χ0) is 30.2. The average molecular weight is 597 g/mol. The molecule has 0 aliphatic carbocycles. The lowest BCUT2D eigenvalue weighted by molar-refractivity contribution is 0.0659. The minimum atomic E-state index is -1.02. The van der Waals surface area contributed by atoms with Crippen LogP contribution in [-0.4, -0.2) is 83.9 Å². The molecule has 2 saturated heterocycles. The minimum absolute atomic E-state index is 0.0280. The Balaban J connectivity index is 1.21. The number of aryl methyl sites for hydroxylation is 1. The molecule has 1 amide bonds. The van der Waals surface area contributed by atoms with Gasteiger partial charge in [-0.2, -0.15) is 0 Å². The smallest absolute Gasteiger partial charge is 0.257 e. The predicted molar refractivity (Wildman–Crippen MR) is 152 cm³/mol. The largest absolute Gasteiger partial charge is 0.394 e. The SMILES string of the molecule is CCc1cnc(N2CCC(n3cc(F)c4c(Nc5cc(F)c(C(=O)N6C[C@H](O)C[C@@H]6CO)cc5F)ncnc43)CC2)nc1. The highest BCUT2D eigenvalue weighted by molar-refractivity contribution is 5.96. The van der Waals surface area contributed by atoms with Crippen LogP contribution in [-0.2, 0) is 6.42 Å². The number of fused-ring (bicyclic) bond motifs is 1. The summed E-state index contributed by atoms with van der Waals surface area (Å²) in [5, 5.41) is 22.1. The molecule has 2 aliphatic heterocycles. The molecule has 3 N–H and O–H groups in total. The third-order valence-corrected chi connectivity index (χ3v) is 8.21. The fourth-order valence-corrected chi connectivity index (χ4v) is 5.85. The average Bonchev–Trinajstić information content (AvgIpc) is 3.58. The Morgan fingerprint density at radius 1 is 1.05 bits per heavy atom. The molecule has 0 saturated carbocycles. The van der Waals surface area contributed by atoms with Crippen LogP contribution < -0.4 is 10.2 Å². The summed E-state index contributed by atoms with van der Waals surface area (Å²) in [7, 11) is 0. The Hall–Kier alpha value is -4.30. The van der Waals surface area contributed by atoms with E-state index < -0.39 is 47.7 Å². The van der Waals surface area contributed by atoms with Gasteiger partial charge in [0.2, 0.25) is 5.95 Å². The van der Waals surface area contributed by atoms with Gasteiger partial charge in [-0.15, -0.1) is 0 Å². The van der Waals surface area contributed by atoms with Gasteiger partial charge in [0.15, 0.2) is 5.82 Å². The van der Waals surface area contributed by atoms with E-state index in [2.05, 4.69) is 30.2 Å². The number of β-amino-alcohol motifs (C(OH)–C–C–N with tert-alkyl or cyclic N) is 1. The standard InChI is InChI=1S/C29H31F3N8O3/c1-2-16-10-33-29(34-11-16)38-5-3-17(4-6-38)39-13-23(32)25-26(35-15-36-27(25)39)37-24-9-21(30)20(8-22(24)31)28(43)40-12-19(42)7-18(40)14-41/h8-11,13,15,17-19,41-42H,2-7,12,14H2,1H3,(H,35,36,37)/t18-,19-/m1/s1. The lowest BCUT2D eigenvalue weighted by Gasteiger charge is -2.32. The number of amides is 1. The van der Waals surface area contributed by atoms with Gasteiger partial charge in [-0.3, -0.25) is 4.79 Å². The number of likely N-dealkylation sites (tertiary alicyclic amines) is 1. The Labute approximate surface area is 245 Å². The van der Waals surface area contributed by atoms with Crippen LogP contribution in [0.15, 0.2) is 37.1 Å². The number of aromatic nitrogens is 5. The van der Waals surface area contributed by atoms with Gasteiger partial charge in [0, 0.05) is 50.3 Å². The first-order valence-electron chi connectivity index (χ1n) is 14.2. The maximum atomic E-state index is 15.3. The summed E-state index contributed by atoms with van der Waals surface area (Å²) in [6, 6.07) is 0.785. The van der Waals surface area contributed by atoms with E-state index in [0.717, 1.165) is 29.0 Å². The van der Waals surface area contributed by atoms with Crippen LogP contribution in [0.2, 0.25) is 0 Å². The van der Waals surface area contributed by atoms with E-state index >= 15 is 13.2 Å². The molecule has 11 nitrogen and oxygen atoms in total. The molecule has 1 aromatic carbocycles. The molecule has 0 spiro atoms. The second-order valence-corrected chi connectivity index (χ2v) is 10.9. The van der Waals surface area contributed by atoms with Crippen LogP contribution in [0.25, 0.3) is 11.0 Å². The lowest BCUT2D eigenvalue weighted by Crippen LogP contribution is -2.38. The third kappa shape index (κ3) is 5.47. The number of hydrogen-bond acceptors (Lipinski definition) is 9. The molecule has 0 bridgehead atoms. The molecular weight excluding hydrogens is 565 g/mol. The molecule has 6 rings (SSSR count). The van der Waals surface area contributed by atoms with Gasteiger partial charge in [0.1, 0.15) is 29.4 Å². The Morgan fingerprint density at radius 2 is 1.79 bits per heavy atom. The summed E-state index contributed by atoms with van der Waals surface area (Å²) in [5.74, 6) is -2.84. The zero-order valence-electron chi connectivity index (χ0n) is 23.4. The van der Waals surface area contributed by atoms with Gasteiger partial charge in [0.05, 0.1) is 35.4 Å². The number of hydrogen-bond donors (Lipinski definition) is 3. The number of piperidine rings is 1. The summed E-state index contributed by atoms with van der Waals surface area (Å²) in [5.41, 5.74) is 0.484. The highest BCUT2D eigenvalue weighted by Gasteiger charge is 2.35. The number of carbonyl (C=O) groups is 1. The molecule has 0 radical (unpaired) electrons. The van der Waals surface area contributed by atoms with E-state index in [4.69, 9.17) is 0 Å². The van der Waals surface area contributed by atoms with Crippen molar-refractivity contribution in [2.45, 2.75) is 50.8 Å². The fourth-order valence-electron chi connectivity index (χ4n) is 5.85. The van der Waals surface area contributed by atoms with E-state index in [1.165, 1.54) is 12.5 Å². The van der Waals surface area contributed by atoms with Crippen LogP contribution in [0.5, 0.6) is 0 Å². The Bertz CT molecular complexity index is 1640. The second-order valence-electron chi connectivity index (χ2n) is 10.9. The Morgan fingerprint density at radius 3 is 2.49 bits per heavy atom. The maximum absolute atomic E-state index is 15.3. The summed E-state index contributed by atoms with van der Waals surface area (Å²) in [6.07, 6.45) is 7.72. The van der Waals surface area contributed by atoms with Crippen LogP contribution >= 0.6 is 0 Å². The molecule has 43 heavy (non-hydrogen) atoms. The highest BCUT2D eigenvalue weighted by atomic mass is 19.1. The number of benzene rings is 1. The van der Waals surface area contributed by atoms with Crippen molar-refractivity contribution in [2.24, 2.45) is 0 Å². The van der Waals surface area contributed by atoms with E-state index in [1.807, 2.05) is 19.3 Å². The van der Waals surface area contributed by atoms with Gasteiger partial charge in [-0.25, -0.2) is 33.1 Å². The topological polar surface area (TPSA) is 133 Å². The van der Waals surface area contributed by atoms with Crippen LogP contribution in [0.4, 0.5) is 30.6 Å². The van der Waals surface area contributed by atoms with E-state index in [9.17, 15) is 15.0 Å². The number of rotatable bonds is 7. The number of carbonyl (C=O) groups excluding carboxylic acids is 1. The summed E-state index contributed by atoms with van der Waals surface area (Å²) in [4.78, 5) is 33.4. The molecule has 2 aliphatic rings. The van der Waals surface area contributed by atoms with Crippen molar-refractivity contribution in [3.8, 4) is 0 Å². The van der Waals surface area contributed by atoms with Crippen LogP contribution in [0.1, 0.15) is 48.1 Å². The van der Waals surface area contributed by atoms with Crippen molar-refractivity contribution in [1.82, 2.24) is 29.4 Å². The first-order valence-corrected chi connectivity index (χ1v) is 14.2. The molecule has 3 aromatic heterocycles. The fraction of sp³-hybridized carbons (Fsp3) is 0.414. The quantitative estimate of drug-likeness (QED) is 0.294. The van der Waals surface area contributed by atoms with E-state index in [-0.39, 0.29) is 35.9 Å². The van der Waals surface area contributed by atoms with Crippen molar-refractivity contribution in [3.05, 3.63) is 65.6 Å². The molecular formula is C29H31F3N8O3. The third-order valence-electron chi connectivity index (χ3n) is 8.21.